The van der Waals surface area contributed by atoms with Crippen LogP contribution in [0.4, 0.5) is 4.79 Å². The third-order valence-corrected chi connectivity index (χ3v) is 5.86. The van der Waals surface area contributed by atoms with E-state index < -0.39 is 5.60 Å². The van der Waals surface area contributed by atoms with Crippen molar-refractivity contribution in [1.29, 1.82) is 0 Å². The van der Waals surface area contributed by atoms with Gasteiger partial charge < -0.3 is 14.5 Å². The Hall–Kier alpha value is -2.05. The Morgan fingerprint density at radius 2 is 2.04 bits per heavy atom. The molecule has 1 aromatic heterocycles. The second-order valence-corrected chi connectivity index (χ2v) is 7.64. The average Bonchev–Trinajstić information content (AvgIpc) is 3.15. The Morgan fingerprint density at radius 1 is 1.35 bits per heavy atom. The zero-order valence-electron chi connectivity index (χ0n) is 16.3. The molecule has 1 atom stereocenters. The molecule has 7 heteroatoms. The number of nitrogens with zero attached hydrogens (tertiary/aromatic N) is 3. The Labute approximate surface area is 155 Å². The van der Waals surface area contributed by atoms with Crippen molar-refractivity contribution < 1.29 is 14.3 Å². The van der Waals surface area contributed by atoms with Gasteiger partial charge in [-0.25, -0.2) is 4.79 Å². The first-order valence-electron chi connectivity index (χ1n) is 9.73. The summed E-state index contributed by atoms with van der Waals surface area (Å²) in [6, 6.07) is 0.200. The van der Waals surface area contributed by atoms with Crippen LogP contribution in [0.5, 0.6) is 0 Å². The summed E-state index contributed by atoms with van der Waals surface area (Å²) in [6.07, 6.45) is 4.02. The van der Waals surface area contributed by atoms with Crippen LogP contribution in [0.25, 0.3) is 0 Å². The number of aromatic nitrogens is 2. The summed E-state index contributed by atoms with van der Waals surface area (Å²) in [5.41, 5.74) is 2.02. The maximum absolute atomic E-state index is 12.8. The molecule has 0 aromatic carbocycles. The minimum atomic E-state index is -0.439. The lowest BCUT2D eigenvalue weighted by atomic mass is 9.90. The van der Waals surface area contributed by atoms with Crippen molar-refractivity contribution in [3.05, 3.63) is 17.0 Å². The number of likely N-dealkylation sites (tertiary alicyclic amines) is 1. The Kier molecular flexibility index (Phi) is 5.25. The van der Waals surface area contributed by atoms with Crippen LogP contribution >= 0.6 is 0 Å². The van der Waals surface area contributed by atoms with Gasteiger partial charge in [0.05, 0.1) is 6.54 Å². The topological polar surface area (TPSA) is 78.5 Å². The molecule has 1 N–H and O–H groups in total. The number of aromatic amines is 1. The Balaban J connectivity index is 1.63. The predicted octanol–water partition coefficient (Wildman–Crippen LogP) is 2.90. The van der Waals surface area contributed by atoms with Crippen molar-refractivity contribution >= 4 is 12.0 Å². The summed E-state index contributed by atoms with van der Waals surface area (Å²) in [7, 11) is 0. The van der Waals surface area contributed by atoms with E-state index in [4.69, 9.17) is 4.74 Å². The first-order valence-corrected chi connectivity index (χ1v) is 9.73. The average molecular weight is 362 g/mol. The van der Waals surface area contributed by atoms with Crippen molar-refractivity contribution in [1.82, 2.24) is 20.0 Å². The Morgan fingerprint density at radius 3 is 2.62 bits per heavy atom. The molecule has 1 spiro atoms. The van der Waals surface area contributed by atoms with Crippen LogP contribution in [-0.4, -0.2) is 63.3 Å². The van der Waals surface area contributed by atoms with Crippen molar-refractivity contribution in [3.8, 4) is 0 Å². The molecular formula is C19H30N4O3. The molecule has 0 radical (unpaired) electrons. The molecule has 0 aliphatic carbocycles. The molecule has 3 rings (SSSR count). The van der Waals surface area contributed by atoms with E-state index in [9.17, 15) is 9.59 Å². The van der Waals surface area contributed by atoms with E-state index in [2.05, 4.69) is 24.0 Å². The minimum Gasteiger partial charge on any atom is -0.441 e. The predicted molar refractivity (Wildman–Crippen MR) is 98.1 cm³/mol. The molecule has 2 fully saturated rings. The summed E-state index contributed by atoms with van der Waals surface area (Å²) >= 11 is 0. The maximum atomic E-state index is 12.8. The number of carbonyl (C=O) groups is 2. The summed E-state index contributed by atoms with van der Waals surface area (Å²) in [5.74, 6) is -0.0335. The zero-order valence-corrected chi connectivity index (χ0v) is 16.3. The van der Waals surface area contributed by atoms with Gasteiger partial charge in [-0.05, 0) is 26.7 Å². The molecule has 0 bridgehead atoms. The molecule has 2 saturated heterocycles. The molecule has 2 amide bonds. The molecule has 26 heavy (non-hydrogen) atoms. The van der Waals surface area contributed by atoms with Gasteiger partial charge in [0.2, 0.25) is 0 Å². The lowest BCUT2D eigenvalue weighted by Gasteiger charge is -2.37. The van der Waals surface area contributed by atoms with Crippen molar-refractivity contribution in [2.24, 2.45) is 0 Å². The maximum Gasteiger partial charge on any atom is 0.410 e. The van der Waals surface area contributed by atoms with Crippen LogP contribution in [0.2, 0.25) is 0 Å². The fourth-order valence-corrected chi connectivity index (χ4v) is 4.07. The summed E-state index contributed by atoms with van der Waals surface area (Å²) in [6.45, 7) is 10.0. The molecule has 2 aliphatic rings. The van der Waals surface area contributed by atoms with Gasteiger partial charge in [0.15, 0.2) is 5.69 Å². The highest BCUT2D eigenvalue weighted by molar-refractivity contribution is 5.94. The Bertz CT molecular complexity index is 676. The molecule has 0 saturated carbocycles. The van der Waals surface area contributed by atoms with Gasteiger partial charge in [-0.1, -0.05) is 20.3 Å². The van der Waals surface area contributed by atoms with Gasteiger partial charge in [-0.2, -0.15) is 5.10 Å². The van der Waals surface area contributed by atoms with E-state index in [1.165, 1.54) is 0 Å². The van der Waals surface area contributed by atoms with Crippen molar-refractivity contribution in [2.45, 2.75) is 71.4 Å². The monoisotopic (exact) mass is 362 g/mol. The van der Waals surface area contributed by atoms with Gasteiger partial charge in [0, 0.05) is 43.2 Å². The third kappa shape index (κ3) is 3.31. The molecular weight excluding hydrogens is 332 g/mol. The normalized spacial score (nSPS) is 20.5. The lowest BCUT2D eigenvalue weighted by Crippen LogP contribution is -2.49. The number of H-pyrrole nitrogens is 1. The lowest BCUT2D eigenvalue weighted by molar-refractivity contribution is 0.00288. The molecule has 3 heterocycles. The van der Waals surface area contributed by atoms with Crippen LogP contribution in [-0.2, 0) is 11.2 Å². The van der Waals surface area contributed by atoms with E-state index >= 15 is 0 Å². The van der Waals surface area contributed by atoms with Crippen LogP contribution in [0.1, 0.15) is 68.2 Å². The largest absolute Gasteiger partial charge is 0.441 e. The number of nitrogens with one attached hydrogen (secondary N) is 1. The van der Waals surface area contributed by atoms with E-state index in [1.807, 2.05) is 23.6 Å². The first-order chi connectivity index (χ1) is 12.4. The number of amides is 2. The fourth-order valence-electron chi connectivity index (χ4n) is 4.07. The third-order valence-electron chi connectivity index (χ3n) is 5.86. The minimum absolute atomic E-state index is 0.0335. The highest BCUT2D eigenvalue weighted by Crippen LogP contribution is 2.35. The number of ether oxygens (including phenoxy) is 1. The van der Waals surface area contributed by atoms with Crippen LogP contribution in [0.15, 0.2) is 0 Å². The number of piperidine rings is 1. The number of rotatable bonds is 5. The molecule has 144 valence electrons. The number of carbonyl (C=O) groups excluding carboxylic acids is 2. The first kappa shape index (κ1) is 18.7. The summed E-state index contributed by atoms with van der Waals surface area (Å²) < 4.78 is 5.78. The van der Waals surface area contributed by atoms with E-state index in [0.717, 1.165) is 30.5 Å². The van der Waals surface area contributed by atoms with E-state index in [0.29, 0.717) is 38.2 Å². The van der Waals surface area contributed by atoms with Gasteiger partial charge in [-0.15, -0.1) is 0 Å². The van der Waals surface area contributed by atoms with Crippen LogP contribution in [0.3, 0.4) is 0 Å². The smallest absolute Gasteiger partial charge is 0.410 e. The van der Waals surface area contributed by atoms with Gasteiger partial charge in [0.1, 0.15) is 5.60 Å². The second kappa shape index (κ2) is 7.29. The van der Waals surface area contributed by atoms with Crippen LogP contribution in [0, 0.1) is 6.92 Å². The second-order valence-electron chi connectivity index (χ2n) is 7.64. The summed E-state index contributed by atoms with van der Waals surface area (Å²) in [5, 5.41) is 7.16. The van der Waals surface area contributed by atoms with Crippen LogP contribution < -0.4 is 0 Å². The quantitative estimate of drug-likeness (QED) is 0.873. The molecule has 0 unspecified atom stereocenters. The zero-order chi connectivity index (χ0) is 18.9. The van der Waals surface area contributed by atoms with E-state index in [-0.39, 0.29) is 18.0 Å². The van der Waals surface area contributed by atoms with Crippen molar-refractivity contribution in [2.75, 3.05) is 19.6 Å². The molecule has 7 nitrogen and oxygen atoms in total. The van der Waals surface area contributed by atoms with Gasteiger partial charge >= 0.3 is 6.09 Å². The fraction of sp³-hybridized carbons (Fsp3) is 0.737. The summed E-state index contributed by atoms with van der Waals surface area (Å²) in [4.78, 5) is 28.8. The SMILES string of the molecule is CCC[C@@H](C)N1CC2(CCN(C(=O)c3n[nH]c(CC)c3C)CC2)OC1=O. The van der Waals surface area contributed by atoms with Gasteiger partial charge in [-0.3, -0.25) is 9.89 Å². The standard InChI is InChI=1S/C19H30N4O3/c1-5-7-13(3)23-12-19(26-18(23)25)8-10-22(11-9-19)17(24)16-14(4)15(6-2)20-21-16/h13H,5-12H2,1-4H3,(H,20,21)/t13-/m1/s1. The molecule has 1 aromatic rings. The number of aryl methyl sites for hydroxylation is 1. The van der Waals surface area contributed by atoms with Gasteiger partial charge in [0.25, 0.3) is 5.91 Å². The van der Waals surface area contributed by atoms with E-state index in [1.54, 1.807) is 0 Å². The highest BCUT2D eigenvalue weighted by atomic mass is 16.6. The number of hydrogen-bond acceptors (Lipinski definition) is 4. The number of hydrogen-bond donors (Lipinski definition) is 1. The van der Waals surface area contributed by atoms with Crippen molar-refractivity contribution in [3.63, 3.8) is 0 Å². The molecule has 2 aliphatic heterocycles. The highest BCUT2D eigenvalue weighted by Gasteiger charge is 2.48.